The van der Waals surface area contributed by atoms with E-state index in [9.17, 15) is 4.79 Å². The molecule has 0 fully saturated rings. The summed E-state index contributed by atoms with van der Waals surface area (Å²) in [5, 5.41) is 7.20. The molecule has 0 radical (unpaired) electrons. The average Bonchev–Trinajstić information content (AvgIpc) is 3.32. The first-order chi connectivity index (χ1) is 17.1. The van der Waals surface area contributed by atoms with Crippen molar-refractivity contribution in [1.82, 2.24) is 19.9 Å². The fourth-order valence-corrected chi connectivity index (χ4v) is 4.10. The highest BCUT2D eigenvalue weighted by atomic mass is 35.5. The molecule has 7 heteroatoms. The summed E-state index contributed by atoms with van der Waals surface area (Å²) in [6.45, 7) is 2.54. The summed E-state index contributed by atoms with van der Waals surface area (Å²) < 4.78 is 2.02. The van der Waals surface area contributed by atoms with Crippen LogP contribution in [0.3, 0.4) is 0 Å². The van der Waals surface area contributed by atoms with Crippen LogP contribution in [0.25, 0.3) is 16.7 Å². The maximum atomic E-state index is 12.6. The molecule has 3 aromatic carbocycles. The number of nitrogens with one attached hydrogen (secondary N) is 2. The van der Waals surface area contributed by atoms with Crippen LogP contribution in [0.2, 0.25) is 5.02 Å². The van der Waals surface area contributed by atoms with Crippen molar-refractivity contribution in [3.05, 3.63) is 119 Å². The molecule has 0 aliphatic carbocycles. The number of imidazole rings is 1. The average molecular weight is 482 g/mol. The van der Waals surface area contributed by atoms with Crippen molar-refractivity contribution >= 4 is 34.2 Å². The van der Waals surface area contributed by atoms with E-state index in [1.54, 1.807) is 18.7 Å². The van der Waals surface area contributed by atoms with Crippen molar-refractivity contribution in [2.75, 3.05) is 5.32 Å². The van der Waals surface area contributed by atoms with Crippen LogP contribution in [0.15, 0.2) is 97.6 Å². The van der Waals surface area contributed by atoms with E-state index in [4.69, 9.17) is 11.6 Å². The number of anilines is 1. The van der Waals surface area contributed by atoms with Gasteiger partial charge in [-0.05, 0) is 72.6 Å². The summed E-state index contributed by atoms with van der Waals surface area (Å²) in [5.74, 6) is -0.146. The number of benzene rings is 3. The minimum atomic E-state index is -0.146. The van der Waals surface area contributed by atoms with E-state index in [2.05, 4.69) is 33.6 Å². The minimum Gasteiger partial charge on any atom is -0.378 e. The van der Waals surface area contributed by atoms with Gasteiger partial charge in [0.2, 0.25) is 0 Å². The zero-order valence-electron chi connectivity index (χ0n) is 19.1. The van der Waals surface area contributed by atoms with E-state index in [1.807, 2.05) is 77.4 Å². The van der Waals surface area contributed by atoms with Gasteiger partial charge in [-0.3, -0.25) is 14.3 Å². The van der Waals surface area contributed by atoms with E-state index >= 15 is 0 Å². The number of amides is 1. The van der Waals surface area contributed by atoms with Gasteiger partial charge in [0, 0.05) is 46.9 Å². The standard InChI is InChI=1S/C28H24ClN5O/c1-19(21-7-10-23(29)11-8-21)33-24-5-2-6-25(15-24)34-18-32-26-14-22(9-12-27(26)34)28(35)31-17-20-4-3-13-30-16-20/h2-16,18-19,33H,17H2,1H3,(H,31,35). The fourth-order valence-electron chi connectivity index (χ4n) is 3.98. The number of nitrogens with zero attached hydrogens (tertiary/aromatic N) is 3. The molecule has 0 saturated carbocycles. The van der Waals surface area contributed by atoms with Crippen LogP contribution in [0, 0.1) is 0 Å². The van der Waals surface area contributed by atoms with Gasteiger partial charge >= 0.3 is 0 Å². The van der Waals surface area contributed by atoms with Crippen LogP contribution in [-0.2, 0) is 6.54 Å². The number of hydrogen-bond acceptors (Lipinski definition) is 4. The van der Waals surface area contributed by atoms with E-state index < -0.39 is 0 Å². The number of hydrogen-bond donors (Lipinski definition) is 2. The normalized spacial score (nSPS) is 11.8. The van der Waals surface area contributed by atoms with E-state index in [0.717, 1.165) is 38.6 Å². The van der Waals surface area contributed by atoms with Crippen molar-refractivity contribution in [2.24, 2.45) is 0 Å². The van der Waals surface area contributed by atoms with Gasteiger partial charge in [0.1, 0.15) is 6.33 Å². The fraction of sp³-hybridized carbons (Fsp3) is 0.107. The highest BCUT2D eigenvalue weighted by Gasteiger charge is 2.11. The topological polar surface area (TPSA) is 71.8 Å². The molecule has 5 aromatic rings. The van der Waals surface area contributed by atoms with Gasteiger partial charge in [-0.15, -0.1) is 0 Å². The smallest absolute Gasteiger partial charge is 0.251 e. The molecule has 0 spiro atoms. The molecule has 2 N–H and O–H groups in total. The Kier molecular flexibility index (Phi) is 6.46. The van der Waals surface area contributed by atoms with Gasteiger partial charge in [-0.1, -0.05) is 35.9 Å². The lowest BCUT2D eigenvalue weighted by Crippen LogP contribution is -2.22. The summed E-state index contributed by atoms with van der Waals surface area (Å²) in [5.41, 5.74) is 6.34. The third-order valence-corrected chi connectivity index (χ3v) is 6.11. The van der Waals surface area contributed by atoms with Gasteiger partial charge in [0.15, 0.2) is 0 Å². The van der Waals surface area contributed by atoms with E-state index in [1.165, 1.54) is 0 Å². The molecule has 1 amide bonds. The molecule has 1 atom stereocenters. The Bertz CT molecular complexity index is 1460. The van der Waals surface area contributed by atoms with Crippen LogP contribution in [0.4, 0.5) is 5.69 Å². The molecule has 1 unspecified atom stereocenters. The van der Waals surface area contributed by atoms with Crippen molar-refractivity contribution in [2.45, 2.75) is 19.5 Å². The molecule has 2 heterocycles. The highest BCUT2D eigenvalue weighted by Crippen LogP contribution is 2.25. The Balaban J connectivity index is 1.33. The Labute approximate surface area is 208 Å². The minimum absolute atomic E-state index is 0.120. The molecule has 6 nitrogen and oxygen atoms in total. The molecular weight excluding hydrogens is 458 g/mol. The third kappa shape index (κ3) is 5.18. The van der Waals surface area contributed by atoms with E-state index in [0.29, 0.717) is 12.1 Å². The third-order valence-electron chi connectivity index (χ3n) is 5.86. The summed E-state index contributed by atoms with van der Waals surface area (Å²) >= 11 is 6.02. The van der Waals surface area contributed by atoms with Gasteiger partial charge in [0.25, 0.3) is 5.91 Å². The lowest BCUT2D eigenvalue weighted by atomic mass is 10.1. The summed E-state index contributed by atoms with van der Waals surface area (Å²) in [7, 11) is 0. The first-order valence-corrected chi connectivity index (χ1v) is 11.7. The Morgan fingerprint density at radius 3 is 2.69 bits per heavy atom. The maximum absolute atomic E-state index is 12.6. The molecule has 0 aliphatic heterocycles. The summed E-state index contributed by atoms with van der Waals surface area (Å²) in [6, 6.07) is 25.5. The van der Waals surface area contributed by atoms with Crippen LogP contribution in [-0.4, -0.2) is 20.4 Å². The predicted octanol–water partition coefficient (Wildman–Crippen LogP) is 6.18. The number of carbonyl (C=O) groups is 1. The first kappa shape index (κ1) is 22.6. The van der Waals surface area contributed by atoms with Gasteiger partial charge in [-0.2, -0.15) is 0 Å². The predicted molar refractivity (Wildman–Crippen MR) is 140 cm³/mol. The van der Waals surface area contributed by atoms with Crippen molar-refractivity contribution in [3.8, 4) is 5.69 Å². The summed E-state index contributed by atoms with van der Waals surface area (Å²) in [6.07, 6.45) is 5.23. The quantitative estimate of drug-likeness (QED) is 0.291. The van der Waals surface area contributed by atoms with Gasteiger partial charge < -0.3 is 10.6 Å². The molecule has 35 heavy (non-hydrogen) atoms. The number of pyridine rings is 1. The van der Waals surface area contributed by atoms with Gasteiger partial charge in [-0.25, -0.2) is 4.98 Å². The zero-order valence-corrected chi connectivity index (χ0v) is 19.9. The SMILES string of the molecule is CC(Nc1cccc(-n2cnc3cc(C(=O)NCc4cccnc4)ccc32)c1)c1ccc(Cl)cc1. The van der Waals surface area contributed by atoms with Crippen LogP contribution in [0.5, 0.6) is 0 Å². The van der Waals surface area contributed by atoms with Crippen LogP contribution < -0.4 is 10.6 Å². The maximum Gasteiger partial charge on any atom is 0.251 e. The molecule has 5 rings (SSSR count). The van der Waals surface area contributed by atoms with Crippen molar-refractivity contribution in [3.63, 3.8) is 0 Å². The lowest BCUT2D eigenvalue weighted by molar-refractivity contribution is 0.0951. The largest absolute Gasteiger partial charge is 0.378 e. The second kappa shape index (κ2) is 9.99. The second-order valence-corrected chi connectivity index (χ2v) is 8.77. The van der Waals surface area contributed by atoms with Gasteiger partial charge in [0.05, 0.1) is 11.0 Å². The van der Waals surface area contributed by atoms with Crippen molar-refractivity contribution in [1.29, 1.82) is 0 Å². The zero-order chi connectivity index (χ0) is 24.2. The molecule has 0 aliphatic rings. The number of aromatic nitrogens is 3. The Hall–Kier alpha value is -4.16. The second-order valence-electron chi connectivity index (χ2n) is 8.33. The van der Waals surface area contributed by atoms with Crippen LogP contribution in [0.1, 0.15) is 34.5 Å². The van der Waals surface area contributed by atoms with Crippen molar-refractivity contribution < 1.29 is 4.79 Å². The monoisotopic (exact) mass is 481 g/mol. The number of rotatable bonds is 7. The number of fused-ring (bicyclic) bond motifs is 1. The summed E-state index contributed by atoms with van der Waals surface area (Å²) in [4.78, 5) is 21.3. The Morgan fingerprint density at radius 1 is 1.03 bits per heavy atom. The highest BCUT2D eigenvalue weighted by molar-refractivity contribution is 6.30. The molecule has 2 aromatic heterocycles. The van der Waals surface area contributed by atoms with E-state index in [-0.39, 0.29) is 11.9 Å². The molecular formula is C28H24ClN5O. The molecule has 174 valence electrons. The van der Waals surface area contributed by atoms with Crippen LogP contribution >= 0.6 is 11.6 Å². The molecule has 0 saturated heterocycles. The number of carbonyl (C=O) groups excluding carboxylic acids is 1. The first-order valence-electron chi connectivity index (χ1n) is 11.3. The molecule has 0 bridgehead atoms. The lowest BCUT2D eigenvalue weighted by Gasteiger charge is -2.17. The Morgan fingerprint density at radius 2 is 1.89 bits per heavy atom. The number of halogens is 1.